The quantitative estimate of drug-likeness (QED) is 0.467. The van der Waals surface area contributed by atoms with E-state index in [0.29, 0.717) is 42.3 Å². The number of furan rings is 1. The van der Waals surface area contributed by atoms with E-state index in [1.54, 1.807) is 17.0 Å². The van der Waals surface area contributed by atoms with Gasteiger partial charge in [-0.3, -0.25) is 9.69 Å². The number of Topliss-reactive ketones (excluding diaryl/α,β-unsaturated/α-hetero) is 1. The summed E-state index contributed by atoms with van der Waals surface area (Å²) in [5, 5.41) is 21.2. The van der Waals surface area contributed by atoms with Gasteiger partial charge in [-0.1, -0.05) is 23.7 Å². The minimum atomic E-state index is -2.22. The molecule has 0 unspecified atom stereocenters. The molecule has 0 atom stereocenters. The molecule has 6 rings (SSSR count). The molecule has 3 N–H and O–H groups in total. The number of piperidine rings is 1. The SMILES string of the molecule is Cl.[2H]C([2H])(C1=C(O)C=c2oc3c(c2C1=O)NOc1cc(O)ccc1C=3)N1CCC(c2cccc(Cl)c2)CC1. The second-order valence-electron chi connectivity index (χ2n) is 8.81. The molecule has 3 aromatic rings. The first-order valence-corrected chi connectivity index (χ1v) is 11.7. The van der Waals surface area contributed by atoms with Crippen molar-refractivity contribution >= 4 is 47.6 Å². The van der Waals surface area contributed by atoms with Crippen LogP contribution < -0.4 is 21.1 Å². The first-order valence-electron chi connectivity index (χ1n) is 12.3. The van der Waals surface area contributed by atoms with E-state index >= 15 is 0 Å². The van der Waals surface area contributed by atoms with Crippen LogP contribution in [0.25, 0.3) is 12.2 Å². The van der Waals surface area contributed by atoms with Gasteiger partial charge in [0.05, 0.1) is 11.1 Å². The molecule has 0 amide bonds. The molecule has 2 aromatic carbocycles. The van der Waals surface area contributed by atoms with Gasteiger partial charge in [-0.15, -0.1) is 12.4 Å². The van der Waals surface area contributed by atoms with Gasteiger partial charge in [-0.2, -0.15) is 0 Å². The molecular formula is C27H24Cl2N2O5. The van der Waals surface area contributed by atoms with Gasteiger partial charge in [-0.25, -0.2) is 5.48 Å². The minimum Gasteiger partial charge on any atom is -0.508 e. The standard InChI is InChI=1S/C27H23ClN2O5.ClH/c28-18-3-1-2-16(10-18)15-6-8-30(9-7-15)14-20-21(32)13-23-25(27(20)33)26-24(34-23)11-17-4-5-19(31)12-22(17)35-29-26;/h1-5,10-13,15,29,31-32H,6-9,14H2;1H/i14D2;. The molecule has 1 saturated heterocycles. The van der Waals surface area contributed by atoms with Crippen molar-refractivity contribution in [2.24, 2.45) is 0 Å². The lowest BCUT2D eigenvalue weighted by molar-refractivity contribution is 0.101. The Balaban J connectivity index is 0.00000294. The fourth-order valence-electron chi connectivity index (χ4n) is 4.76. The van der Waals surface area contributed by atoms with Crippen LogP contribution in [0.1, 0.15) is 43.0 Å². The molecule has 9 heteroatoms. The van der Waals surface area contributed by atoms with E-state index in [1.165, 1.54) is 18.2 Å². The number of allylic oxidation sites excluding steroid dienone is 1. The van der Waals surface area contributed by atoms with E-state index in [1.807, 2.05) is 24.3 Å². The lowest BCUT2D eigenvalue weighted by atomic mass is 9.89. The summed E-state index contributed by atoms with van der Waals surface area (Å²) >= 11 is 6.14. The van der Waals surface area contributed by atoms with Gasteiger partial charge in [0.1, 0.15) is 22.6 Å². The van der Waals surface area contributed by atoms with Crippen LogP contribution in [0.2, 0.25) is 5.02 Å². The Morgan fingerprint density at radius 3 is 2.69 bits per heavy atom. The molecule has 186 valence electrons. The number of hydrogen-bond acceptors (Lipinski definition) is 7. The van der Waals surface area contributed by atoms with Crippen LogP contribution in [0.15, 0.2) is 58.2 Å². The topological polar surface area (TPSA) is 95.2 Å². The zero-order chi connectivity index (χ0) is 25.9. The molecule has 3 heterocycles. The number of phenolic OH excluding ortho intramolecular Hbond substituents is 1. The van der Waals surface area contributed by atoms with E-state index in [4.69, 9.17) is 23.6 Å². The first-order chi connectivity index (χ1) is 17.7. The van der Waals surface area contributed by atoms with Crippen molar-refractivity contribution in [1.29, 1.82) is 0 Å². The van der Waals surface area contributed by atoms with Crippen molar-refractivity contribution in [3.8, 4) is 11.5 Å². The number of hydrogen-bond donors (Lipinski definition) is 3. The summed E-state index contributed by atoms with van der Waals surface area (Å²) < 4.78 is 23.6. The average molecular weight is 529 g/mol. The third kappa shape index (κ3) is 4.34. The number of ketones is 1. The van der Waals surface area contributed by atoms with Crippen LogP contribution in [-0.2, 0) is 0 Å². The second-order valence-corrected chi connectivity index (χ2v) is 9.25. The molecule has 1 aliphatic carbocycles. The molecule has 0 radical (unpaired) electrons. The fourth-order valence-corrected chi connectivity index (χ4v) is 4.96. The average Bonchev–Trinajstić information content (AvgIpc) is 3.11. The molecule has 0 saturated carbocycles. The van der Waals surface area contributed by atoms with Crippen LogP contribution in [0.5, 0.6) is 11.5 Å². The summed E-state index contributed by atoms with van der Waals surface area (Å²) in [6, 6.07) is 12.2. The van der Waals surface area contributed by atoms with Crippen LogP contribution in [0, 0.1) is 0 Å². The normalized spacial score (nSPS) is 18.5. The summed E-state index contributed by atoms with van der Waals surface area (Å²) in [5.41, 5.74) is 4.80. The summed E-state index contributed by atoms with van der Waals surface area (Å²) in [6.45, 7) is -1.42. The van der Waals surface area contributed by atoms with Crippen molar-refractivity contribution < 1.29 is 27.0 Å². The molecular weight excluding hydrogens is 503 g/mol. The number of anilines is 1. The number of nitrogens with one attached hydrogen (secondary N) is 1. The van der Waals surface area contributed by atoms with Crippen LogP contribution in [-0.4, -0.2) is 40.5 Å². The van der Waals surface area contributed by atoms with Gasteiger partial charge in [0, 0.05) is 32.0 Å². The number of aliphatic hydroxyl groups excluding tert-OH is 1. The number of halogens is 2. The molecule has 1 fully saturated rings. The Hall–Kier alpha value is -3.39. The monoisotopic (exact) mass is 528 g/mol. The Kier molecular flexibility index (Phi) is 5.81. The largest absolute Gasteiger partial charge is 0.508 e. The Morgan fingerprint density at radius 1 is 1.11 bits per heavy atom. The Labute approximate surface area is 221 Å². The van der Waals surface area contributed by atoms with E-state index in [0.717, 1.165) is 5.56 Å². The Morgan fingerprint density at radius 2 is 1.92 bits per heavy atom. The van der Waals surface area contributed by atoms with Crippen LogP contribution in [0.3, 0.4) is 0 Å². The fraction of sp³-hybridized carbons (Fsp3) is 0.222. The van der Waals surface area contributed by atoms with Crippen molar-refractivity contribution in [3.05, 3.63) is 86.3 Å². The number of aliphatic hydroxyl groups is 1. The lowest BCUT2D eigenvalue weighted by Gasteiger charge is -2.32. The number of likely N-dealkylation sites (tertiary alicyclic amines) is 1. The van der Waals surface area contributed by atoms with Crippen molar-refractivity contribution in [2.45, 2.75) is 18.8 Å². The molecule has 2 aliphatic heterocycles. The van der Waals surface area contributed by atoms with E-state index in [9.17, 15) is 15.0 Å². The zero-order valence-electron chi connectivity index (χ0n) is 21.0. The first kappa shape index (κ1) is 21.9. The highest BCUT2D eigenvalue weighted by atomic mass is 35.5. The molecule has 3 aliphatic rings. The van der Waals surface area contributed by atoms with Gasteiger partial charge in [0.25, 0.3) is 0 Å². The zero-order valence-corrected chi connectivity index (χ0v) is 20.5. The van der Waals surface area contributed by atoms with Gasteiger partial charge >= 0.3 is 0 Å². The van der Waals surface area contributed by atoms with Crippen LogP contribution >= 0.6 is 24.0 Å². The molecule has 0 bridgehead atoms. The summed E-state index contributed by atoms with van der Waals surface area (Å²) in [4.78, 5) is 20.9. The van der Waals surface area contributed by atoms with E-state index < -0.39 is 18.0 Å². The van der Waals surface area contributed by atoms with E-state index in [-0.39, 0.29) is 51.7 Å². The van der Waals surface area contributed by atoms with E-state index in [2.05, 4.69) is 5.48 Å². The maximum atomic E-state index is 13.7. The highest BCUT2D eigenvalue weighted by molar-refractivity contribution is 6.30. The number of carbonyl (C=O) groups is 1. The number of fused-ring (bicyclic) bond motifs is 4. The molecule has 1 aromatic heterocycles. The smallest absolute Gasteiger partial charge is 0.200 e. The summed E-state index contributed by atoms with van der Waals surface area (Å²) in [6.07, 6.45) is 4.29. The lowest BCUT2D eigenvalue weighted by Crippen LogP contribution is -2.37. The number of nitrogens with zero attached hydrogens (tertiary/aromatic N) is 1. The number of benzene rings is 2. The molecule has 7 nitrogen and oxygen atoms in total. The molecule has 0 spiro atoms. The third-order valence-corrected chi connectivity index (χ3v) is 6.81. The number of carbonyl (C=O) groups excluding carboxylic acids is 1. The van der Waals surface area contributed by atoms with Crippen molar-refractivity contribution in [3.63, 3.8) is 0 Å². The second kappa shape index (κ2) is 9.58. The highest BCUT2D eigenvalue weighted by Crippen LogP contribution is 2.31. The third-order valence-electron chi connectivity index (χ3n) is 6.57. The number of rotatable bonds is 3. The predicted octanol–water partition coefficient (Wildman–Crippen LogP) is 4.28. The summed E-state index contributed by atoms with van der Waals surface area (Å²) in [7, 11) is 0. The predicted molar refractivity (Wildman–Crippen MR) is 139 cm³/mol. The number of aromatic hydroxyl groups is 1. The van der Waals surface area contributed by atoms with Gasteiger partial charge < -0.3 is 19.5 Å². The van der Waals surface area contributed by atoms with Crippen molar-refractivity contribution in [2.75, 3.05) is 25.1 Å². The van der Waals surface area contributed by atoms with Gasteiger partial charge in [0.2, 0.25) is 0 Å². The maximum absolute atomic E-state index is 13.7. The minimum absolute atomic E-state index is 0. The molecule has 36 heavy (non-hydrogen) atoms. The van der Waals surface area contributed by atoms with Crippen LogP contribution in [0.4, 0.5) is 5.69 Å². The Bertz CT molecular complexity index is 1590. The maximum Gasteiger partial charge on any atom is 0.200 e. The van der Waals surface area contributed by atoms with Crippen molar-refractivity contribution in [1.82, 2.24) is 4.90 Å². The number of phenols is 1. The summed E-state index contributed by atoms with van der Waals surface area (Å²) in [5.74, 6) is -0.559. The van der Waals surface area contributed by atoms with Gasteiger partial charge in [0.15, 0.2) is 16.9 Å². The highest BCUT2D eigenvalue weighted by Gasteiger charge is 2.32. The van der Waals surface area contributed by atoms with Gasteiger partial charge in [-0.05, 0) is 67.8 Å².